The number of aromatic carboxylic acids is 1. The van der Waals surface area contributed by atoms with Gasteiger partial charge in [0, 0.05) is 10.9 Å². The molecule has 0 amide bonds. The Kier molecular flexibility index (Phi) is 2.29. The summed E-state index contributed by atoms with van der Waals surface area (Å²) in [6.07, 6.45) is 2.49. The summed E-state index contributed by atoms with van der Waals surface area (Å²) in [7, 11) is 0. The van der Waals surface area contributed by atoms with Crippen molar-refractivity contribution in [3.63, 3.8) is 0 Å². The van der Waals surface area contributed by atoms with Gasteiger partial charge in [-0.1, -0.05) is 0 Å². The quantitative estimate of drug-likeness (QED) is 0.768. The third-order valence-electron chi connectivity index (χ3n) is 2.92. The van der Waals surface area contributed by atoms with Crippen LogP contribution in [0.5, 0.6) is 0 Å². The standard InChI is InChI=1S/C11H12N2O2S/c14-11(15)7-1-4-9-10(5-7)16-12-6-13(9)8-2-3-8/h1,4-5,8,12H,2-3,6H2,(H,14,15). The Labute approximate surface area is 97.8 Å². The van der Waals surface area contributed by atoms with E-state index in [0.717, 1.165) is 17.3 Å². The summed E-state index contributed by atoms with van der Waals surface area (Å²) in [4.78, 5) is 14.2. The van der Waals surface area contributed by atoms with Gasteiger partial charge in [0.1, 0.15) is 0 Å². The summed E-state index contributed by atoms with van der Waals surface area (Å²) in [6, 6.07) is 5.99. The van der Waals surface area contributed by atoms with Crippen molar-refractivity contribution in [2.75, 3.05) is 11.6 Å². The van der Waals surface area contributed by atoms with E-state index in [2.05, 4.69) is 9.62 Å². The van der Waals surface area contributed by atoms with Crippen LogP contribution in [0.15, 0.2) is 23.1 Å². The van der Waals surface area contributed by atoms with Gasteiger partial charge in [0.15, 0.2) is 0 Å². The Morgan fingerprint density at radius 1 is 1.50 bits per heavy atom. The average Bonchev–Trinajstić information content (AvgIpc) is 3.11. The summed E-state index contributed by atoms with van der Waals surface area (Å²) < 4.78 is 3.23. The Bertz CT molecular complexity index is 446. The molecule has 0 atom stereocenters. The molecule has 1 aromatic rings. The molecule has 3 rings (SSSR count). The smallest absolute Gasteiger partial charge is 0.335 e. The predicted octanol–water partition coefficient (Wildman–Crippen LogP) is 1.92. The molecular weight excluding hydrogens is 224 g/mol. The normalized spacial score (nSPS) is 19.4. The average molecular weight is 236 g/mol. The molecule has 84 valence electrons. The Morgan fingerprint density at radius 3 is 3.00 bits per heavy atom. The van der Waals surface area contributed by atoms with Crippen molar-refractivity contribution in [3.8, 4) is 0 Å². The van der Waals surface area contributed by atoms with E-state index in [1.807, 2.05) is 6.07 Å². The molecule has 1 aliphatic heterocycles. The zero-order valence-electron chi connectivity index (χ0n) is 8.64. The number of nitrogens with one attached hydrogen (secondary N) is 1. The number of benzene rings is 1. The van der Waals surface area contributed by atoms with Gasteiger partial charge in [-0.05, 0) is 43.0 Å². The van der Waals surface area contributed by atoms with Gasteiger partial charge in [-0.15, -0.1) is 0 Å². The minimum Gasteiger partial charge on any atom is -0.478 e. The molecule has 0 aromatic heterocycles. The lowest BCUT2D eigenvalue weighted by Crippen LogP contribution is -2.36. The largest absolute Gasteiger partial charge is 0.478 e. The van der Waals surface area contributed by atoms with E-state index in [9.17, 15) is 4.79 Å². The number of hydrogen-bond donors (Lipinski definition) is 2. The van der Waals surface area contributed by atoms with Crippen LogP contribution in [0.25, 0.3) is 0 Å². The van der Waals surface area contributed by atoms with Gasteiger partial charge in [-0.2, -0.15) is 0 Å². The lowest BCUT2D eigenvalue weighted by molar-refractivity contribution is 0.0696. The molecule has 0 radical (unpaired) electrons. The molecule has 1 aromatic carbocycles. The number of nitrogens with zero attached hydrogens (tertiary/aromatic N) is 1. The van der Waals surface area contributed by atoms with Crippen LogP contribution in [0.3, 0.4) is 0 Å². The number of anilines is 1. The van der Waals surface area contributed by atoms with Gasteiger partial charge in [-0.25, -0.2) is 9.52 Å². The van der Waals surface area contributed by atoms with Crippen LogP contribution in [0.2, 0.25) is 0 Å². The topological polar surface area (TPSA) is 52.6 Å². The Morgan fingerprint density at radius 2 is 2.31 bits per heavy atom. The number of fused-ring (bicyclic) bond motifs is 1. The van der Waals surface area contributed by atoms with Gasteiger partial charge in [0.2, 0.25) is 0 Å². The van der Waals surface area contributed by atoms with Gasteiger partial charge in [-0.3, -0.25) is 0 Å². The van der Waals surface area contributed by atoms with Gasteiger partial charge in [0.05, 0.1) is 17.9 Å². The number of carboxylic acids is 1. The SMILES string of the molecule is O=C(O)c1ccc2c(c1)SNCN2C1CC1. The van der Waals surface area contributed by atoms with Crippen molar-refractivity contribution in [2.24, 2.45) is 0 Å². The third kappa shape index (κ3) is 1.66. The van der Waals surface area contributed by atoms with Crippen molar-refractivity contribution in [3.05, 3.63) is 23.8 Å². The first-order valence-corrected chi connectivity index (χ1v) is 6.11. The van der Waals surface area contributed by atoms with Crippen LogP contribution in [-0.4, -0.2) is 23.8 Å². The van der Waals surface area contributed by atoms with E-state index in [1.165, 1.54) is 24.8 Å². The van der Waals surface area contributed by atoms with E-state index in [4.69, 9.17) is 5.11 Å². The highest BCUT2D eigenvalue weighted by Gasteiger charge is 2.32. The van der Waals surface area contributed by atoms with Crippen LogP contribution in [0.4, 0.5) is 5.69 Å². The Hall–Kier alpha value is -1.20. The highest BCUT2D eigenvalue weighted by molar-refractivity contribution is 7.97. The molecule has 1 saturated carbocycles. The molecule has 1 heterocycles. The van der Waals surface area contributed by atoms with Gasteiger partial charge >= 0.3 is 5.97 Å². The first kappa shape index (κ1) is 9.99. The van der Waals surface area contributed by atoms with Crippen LogP contribution < -0.4 is 9.62 Å². The monoisotopic (exact) mass is 236 g/mol. The maximum Gasteiger partial charge on any atom is 0.335 e. The fourth-order valence-corrected chi connectivity index (χ4v) is 2.78. The van der Waals surface area contributed by atoms with Crippen LogP contribution in [0.1, 0.15) is 23.2 Å². The fourth-order valence-electron chi connectivity index (χ4n) is 1.94. The minimum atomic E-state index is -0.869. The second-order valence-electron chi connectivity index (χ2n) is 4.09. The Balaban J connectivity index is 1.99. The summed E-state index contributed by atoms with van der Waals surface area (Å²) in [5.41, 5.74) is 1.52. The van der Waals surface area contributed by atoms with Crippen molar-refractivity contribution in [1.82, 2.24) is 4.72 Å². The number of rotatable bonds is 2. The van der Waals surface area contributed by atoms with E-state index < -0.39 is 5.97 Å². The molecule has 1 fully saturated rings. The molecule has 0 saturated heterocycles. The highest BCUT2D eigenvalue weighted by atomic mass is 32.2. The zero-order valence-corrected chi connectivity index (χ0v) is 9.46. The van der Waals surface area contributed by atoms with Crippen LogP contribution in [-0.2, 0) is 0 Å². The maximum absolute atomic E-state index is 10.9. The summed E-state index contributed by atoms with van der Waals surface area (Å²) in [5, 5.41) is 8.93. The molecule has 2 N–H and O–H groups in total. The first-order valence-electron chi connectivity index (χ1n) is 5.29. The second-order valence-corrected chi connectivity index (χ2v) is 5.03. The highest BCUT2D eigenvalue weighted by Crippen LogP contribution is 2.39. The maximum atomic E-state index is 10.9. The van der Waals surface area contributed by atoms with Crippen molar-refractivity contribution in [1.29, 1.82) is 0 Å². The predicted molar refractivity (Wildman–Crippen MR) is 62.8 cm³/mol. The van der Waals surface area contributed by atoms with Crippen LogP contribution in [0, 0.1) is 0 Å². The van der Waals surface area contributed by atoms with E-state index in [-0.39, 0.29) is 0 Å². The van der Waals surface area contributed by atoms with Crippen molar-refractivity contribution in [2.45, 2.75) is 23.8 Å². The van der Waals surface area contributed by atoms with Crippen molar-refractivity contribution >= 4 is 23.6 Å². The lowest BCUT2D eigenvalue weighted by Gasteiger charge is -2.31. The van der Waals surface area contributed by atoms with E-state index >= 15 is 0 Å². The molecule has 1 aliphatic carbocycles. The van der Waals surface area contributed by atoms with Crippen molar-refractivity contribution < 1.29 is 9.90 Å². The number of carboxylic acid groups (broad SMARTS) is 1. The molecule has 0 unspecified atom stereocenters. The molecular formula is C11H12N2O2S. The summed E-state index contributed by atoms with van der Waals surface area (Å²) >= 11 is 1.51. The molecule has 16 heavy (non-hydrogen) atoms. The lowest BCUT2D eigenvalue weighted by atomic mass is 10.2. The molecule has 2 aliphatic rings. The van der Waals surface area contributed by atoms with E-state index in [1.54, 1.807) is 12.1 Å². The molecule has 0 bridgehead atoms. The number of carbonyl (C=O) groups is 1. The summed E-state index contributed by atoms with van der Waals surface area (Å²) in [6.45, 7) is 0.842. The molecule has 0 spiro atoms. The first-order chi connectivity index (χ1) is 7.75. The fraction of sp³-hybridized carbons (Fsp3) is 0.364. The number of hydrogen-bond acceptors (Lipinski definition) is 4. The minimum absolute atomic E-state index is 0.352. The van der Waals surface area contributed by atoms with Gasteiger partial charge < -0.3 is 10.0 Å². The van der Waals surface area contributed by atoms with Crippen LogP contribution >= 0.6 is 11.9 Å². The van der Waals surface area contributed by atoms with E-state index in [0.29, 0.717) is 11.6 Å². The zero-order chi connectivity index (χ0) is 11.1. The van der Waals surface area contributed by atoms with Gasteiger partial charge in [0.25, 0.3) is 0 Å². The molecule has 5 heteroatoms. The molecule has 4 nitrogen and oxygen atoms in total. The second kappa shape index (κ2) is 3.68. The third-order valence-corrected chi connectivity index (χ3v) is 3.74. The summed E-state index contributed by atoms with van der Waals surface area (Å²) in [5.74, 6) is -0.869.